The Morgan fingerprint density at radius 2 is 2.03 bits per heavy atom. The Balaban J connectivity index is 2.16. The molecule has 0 aliphatic heterocycles. The second-order valence-electron chi connectivity index (χ2n) is 6.47. The molecule has 2 aromatic carbocycles. The van der Waals surface area contributed by atoms with Crippen LogP contribution in [0, 0.1) is 17.1 Å². The van der Waals surface area contributed by atoms with Crippen molar-refractivity contribution >= 4 is 46.2 Å². The minimum Gasteiger partial charge on any atom is -0.492 e. The number of carbonyl (C=O) groups excluding carboxylic acids is 1. The van der Waals surface area contributed by atoms with Gasteiger partial charge in [0.2, 0.25) is 0 Å². The Hall–Kier alpha value is -3.41. The summed E-state index contributed by atoms with van der Waals surface area (Å²) in [6.07, 6.45) is 1.33. The molecule has 3 rings (SSSR count). The van der Waals surface area contributed by atoms with Crippen LogP contribution in [0.1, 0.15) is 19.4 Å². The lowest BCUT2D eigenvalue weighted by Gasteiger charge is -2.10. The molecule has 3 aromatic rings. The van der Waals surface area contributed by atoms with E-state index < -0.39 is 17.3 Å². The SMILES string of the molecule is CCOc1ccccc1NC(=O)/C(C#N)=c1\s/c(=C\c2c(F)cccc2Cl)c(=O)n1CC. The maximum Gasteiger partial charge on any atom is 0.269 e. The number of amides is 1. The molecule has 0 saturated heterocycles. The average Bonchev–Trinajstić information content (AvgIpc) is 3.08. The fourth-order valence-electron chi connectivity index (χ4n) is 3.00. The van der Waals surface area contributed by atoms with E-state index in [1.165, 1.54) is 28.8 Å². The van der Waals surface area contributed by atoms with Gasteiger partial charge in [0.25, 0.3) is 11.5 Å². The summed E-state index contributed by atoms with van der Waals surface area (Å²) in [5.74, 6) is -0.800. The molecular formula is C23H19ClFN3O3S. The Kier molecular flexibility index (Phi) is 7.46. The van der Waals surface area contributed by atoms with Crippen LogP contribution in [0.2, 0.25) is 5.02 Å². The third kappa shape index (κ3) is 4.74. The largest absolute Gasteiger partial charge is 0.492 e. The first-order valence-electron chi connectivity index (χ1n) is 9.74. The minimum absolute atomic E-state index is 0.0657. The number of benzene rings is 2. The number of thiazole rings is 1. The van der Waals surface area contributed by atoms with Gasteiger partial charge < -0.3 is 10.1 Å². The molecule has 1 N–H and O–H groups in total. The maximum absolute atomic E-state index is 14.2. The number of hydrogen-bond acceptors (Lipinski definition) is 5. The number of ether oxygens (including phenoxy) is 1. The number of nitrogens with one attached hydrogen (secondary N) is 1. The number of hydrogen-bond donors (Lipinski definition) is 1. The lowest BCUT2D eigenvalue weighted by molar-refractivity contribution is -0.111. The second kappa shape index (κ2) is 10.3. The molecule has 0 unspecified atom stereocenters. The molecule has 0 aliphatic rings. The fraction of sp³-hybridized carbons (Fsp3) is 0.174. The Morgan fingerprint density at radius 1 is 1.28 bits per heavy atom. The predicted molar refractivity (Wildman–Crippen MR) is 124 cm³/mol. The van der Waals surface area contributed by atoms with E-state index in [0.717, 1.165) is 11.3 Å². The van der Waals surface area contributed by atoms with Gasteiger partial charge >= 0.3 is 0 Å². The third-order valence-electron chi connectivity index (χ3n) is 4.49. The number of aromatic nitrogens is 1. The molecule has 0 fully saturated rings. The van der Waals surface area contributed by atoms with Crippen molar-refractivity contribution in [3.05, 3.63) is 78.4 Å². The molecule has 0 radical (unpaired) electrons. The summed E-state index contributed by atoms with van der Waals surface area (Å²) in [7, 11) is 0. The summed E-state index contributed by atoms with van der Waals surface area (Å²) >= 11 is 7.00. The monoisotopic (exact) mass is 471 g/mol. The van der Waals surface area contributed by atoms with Crippen molar-refractivity contribution in [3.63, 3.8) is 0 Å². The zero-order valence-electron chi connectivity index (χ0n) is 17.3. The summed E-state index contributed by atoms with van der Waals surface area (Å²) in [5.41, 5.74) is -0.212. The molecule has 6 nitrogen and oxygen atoms in total. The standard InChI is InChI=1S/C23H19ClFN3O3S/c1-3-28-22(30)20(12-14-16(24)8-7-9-17(14)25)32-23(28)15(13-26)21(29)27-18-10-5-6-11-19(18)31-4-2/h5-12H,3-4H2,1-2H3,(H,27,29)/b20-12-,23-15-. The molecule has 0 saturated carbocycles. The summed E-state index contributed by atoms with van der Waals surface area (Å²) in [6, 6.07) is 12.9. The lowest BCUT2D eigenvalue weighted by atomic mass is 10.2. The summed E-state index contributed by atoms with van der Waals surface area (Å²) in [4.78, 5) is 25.8. The number of halogens is 2. The average molecular weight is 472 g/mol. The van der Waals surface area contributed by atoms with Crippen molar-refractivity contribution in [2.75, 3.05) is 11.9 Å². The van der Waals surface area contributed by atoms with Crippen molar-refractivity contribution in [1.82, 2.24) is 4.57 Å². The normalized spacial score (nSPS) is 12.3. The number of anilines is 1. The number of rotatable bonds is 6. The zero-order chi connectivity index (χ0) is 23.3. The minimum atomic E-state index is -0.682. The molecule has 164 valence electrons. The highest BCUT2D eigenvalue weighted by molar-refractivity contribution is 7.07. The zero-order valence-corrected chi connectivity index (χ0v) is 18.9. The second-order valence-corrected chi connectivity index (χ2v) is 7.91. The van der Waals surface area contributed by atoms with E-state index in [-0.39, 0.29) is 31.9 Å². The predicted octanol–water partition coefficient (Wildman–Crippen LogP) is 3.26. The van der Waals surface area contributed by atoms with Crippen molar-refractivity contribution < 1.29 is 13.9 Å². The number of para-hydroxylation sites is 2. The van der Waals surface area contributed by atoms with Gasteiger partial charge in [0.1, 0.15) is 22.3 Å². The smallest absolute Gasteiger partial charge is 0.269 e. The van der Waals surface area contributed by atoms with Crippen LogP contribution < -0.4 is 24.8 Å². The first kappa shape index (κ1) is 23.3. The van der Waals surface area contributed by atoms with Gasteiger partial charge in [-0.2, -0.15) is 5.26 Å². The van der Waals surface area contributed by atoms with Gasteiger partial charge in [0.05, 0.1) is 21.8 Å². The summed E-state index contributed by atoms with van der Waals surface area (Å²) in [6.45, 7) is 4.16. The number of carbonyl (C=O) groups is 1. The maximum atomic E-state index is 14.2. The van der Waals surface area contributed by atoms with Gasteiger partial charge in [0.15, 0.2) is 5.57 Å². The lowest BCUT2D eigenvalue weighted by Crippen LogP contribution is -2.33. The van der Waals surface area contributed by atoms with Gasteiger partial charge in [-0.05, 0) is 44.2 Å². The van der Waals surface area contributed by atoms with Gasteiger partial charge in [-0.3, -0.25) is 14.2 Å². The molecule has 0 atom stereocenters. The van der Waals surface area contributed by atoms with E-state index in [2.05, 4.69) is 5.32 Å². The van der Waals surface area contributed by atoms with Crippen molar-refractivity contribution in [2.45, 2.75) is 20.4 Å². The summed E-state index contributed by atoms with van der Waals surface area (Å²) in [5, 5.41) is 12.5. The van der Waals surface area contributed by atoms with Crippen molar-refractivity contribution in [1.29, 1.82) is 5.26 Å². The molecule has 32 heavy (non-hydrogen) atoms. The Morgan fingerprint density at radius 3 is 2.69 bits per heavy atom. The molecule has 1 heterocycles. The quantitative estimate of drug-likeness (QED) is 0.598. The van der Waals surface area contributed by atoms with Crippen LogP contribution in [0.3, 0.4) is 0 Å². The first-order valence-corrected chi connectivity index (χ1v) is 10.9. The first-order chi connectivity index (χ1) is 15.4. The molecule has 0 spiro atoms. The highest BCUT2D eigenvalue weighted by Gasteiger charge is 2.17. The van der Waals surface area contributed by atoms with E-state index in [1.54, 1.807) is 31.2 Å². The van der Waals surface area contributed by atoms with Gasteiger partial charge in [-0.1, -0.05) is 29.8 Å². The van der Waals surface area contributed by atoms with Gasteiger partial charge in [-0.15, -0.1) is 11.3 Å². The van der Waals surface area contributed by atoms with Crippen LogP contribution in [0.25, 0.3) is 11.6 Å². The fourth-order valence-corrected chi connectivity index (χ4v) is 4.37. The molecule has 0 aliphatic carbocycles. The molecular weight excluding hydrogens is 453 g/mol. The summed E-state index contributed by atoms with van der Waals surface area (Å²) < 4.78 is 21.3. The van der Waals surface area contributed by atoms with Crippen LogP contribution in [0.15, 0.2) is 47.3 Å². The van der Waals surface area contributed by atoms with Crippen LogP contribution in [0.5, 0.6) is 5.75 Å². The third-order valence-corrected chi connectivity index (χ3v) is 5.95. The number of nitriles is 1. The van der Waals surface area contributed by atoms with E-state index >= 15 is 0 Å². The van der Waals surface area contributed by atoms with Crippen LogP contribution in [-0.2, 0) is 11.3 Å². The van der Waals surface area contributed by atoms with Crippen LogP contribution in [0.4, 0.5) is 10.1 Å². The van der Waals surface area contributed by atoms with E-state index in [9.17, 15) is 19.2 Å². The Labute approximate surface area is 192 Å². The van der Waals surface area contributed by atoms with Crippen LogP contribution in [-0.4, -0.2) is 17.1 Å². The topological polar surface area (TPSA) is 84.1 Å². The molecule has 1 amide bonds. The van der Waals surface area contributed by atoms with Gasteiger partial charge in [0, 0.05) is 12.1 Å². The van der Waals surface area contributed by atoms with Crippen molar-refractivity contribution in [3.8, 4) is 11.8 Å². The highest BCUT2D eigenvalue weighted by Crippen LogP contribution is 2.24. The molecule has 9 heteroatoms. The highest BCUT2D eigenvalue weighted by atomic mass is 35.5. The van der Waals surface area contributed by atoms with E-state index in [0.29, 0.717) is 18.0 Å². The van der Waals surface area contributed by atoms with E-state index in [4.69, 9.17) is 16.3 Å². The van der Waals surface area contributed by atoms with Gasteiger partial charge in [-0.25, -0.2) is 4.39 Å². The number of nitrogens with zero attached hydrogens (tertiary/aromatic N) is 2. The van der Waals surface area contributed by atoms with Crippen molar-refractivity contribution in [2.24, 2.45) is 0 Å². The molecule has 0 bridgehead atoms. The Bertz CT molecular complexity index is 1370. The van der Waals surface area contributed by atoms with E-state index in [1.807, 2.05) is 13.0 Å². The molecule has 1 aromatic heterocycles. The van der Waals surface area contributed by atoms with Crippen LogP contribution >= 0.6 is 22.9 Å².